The molecular weight excluding hydrogens is 186 g/mol. The number of nitrogens with two attached hydrogens (primary N) is 2. The first-order valence-corrected chi connectivity index (χ1v) is 4.97. The van der Waals surface area contributed by atoms with Gasteiger partial charge in [-0.1, -0.05) is 12.2 Å². The van der Waals surface area contributed by atoms with E-state index < -0.39 is 0 Å². The van der Waals surface area contributed by atoms with Gasteiger partial charge < -0.3 is 16.5 Å². The van der Waals surface area contributed by atoms with Crippen LogP contribution in [0.25, 0.3) is 17.0 Å². The van der Waals surface area contributed by atoms with Crippen molar-refractivity contribution in [2.45, 2.75) is 12.5 Å². The normalized spacial score (nSPS) is 23.6. The van der Waals surface area contributed by atoms with Gasteiger partial charge in [-0.15, -0.1) is 0 Å². The smallest absolute Gasteiger partial charge is 0.101 e. The molecule has 2 bridgehead atoms. The van der Waals surface area contributed by atoms with Crippen LogP contribution in [-0.4, -0.2) is 4.98 Å². The van der Waals surface area contributed by atoms with Crippen LogP contribution in [-0.2, 0) is 5.54 Å². The van der Waals surface area contributed by atoms with Gasteiger partial charge in [0.2, 0.25) is 0 Å². The molecule has 2 aromatic rings. The van der Waals surface area contributed by atoms with Gasteiger partial charge in [0, 0.05) is 10.9 Å². The van der Waals surface area contributed by atoms with Crippen LogP contribution in [0.5, 0.6) is 0 Å². The van der Waals surface area contributed by atoms with Crippen molar-refractivity contribution in [3.63, 3.8) is 0 Å². The summed E-state index contributed by atoms with van der Waals surface area (Å²) >= 11 is 0. The van der Waals surface area contributed by atoms with E-state index in [2.05, 4.69) is 23.2 Å². The van der Waals surface area contributed by atoms with Crippen LogP contribution in [0.4, 0.5) is 5.82 Å². The molecule has 0 aliphatic heterocycles. The maximum absolute atomic E-state index is 6.15. The molecule has 3 rings (SSSR count). The van der Waals surface area contributed by atoms with Gasteiger partial charge in [-0.25, -0.2) is 0 Å². The Morgan fingerprint density at radius 3 is 2.87 bits per heavy atom. The molecule has 15 heavy (non-hydrogen) atoms. The fraction of sp³-hybridized carbons (Fsp3) is 0.167. The standard InChI is InChI=1S/C12H13N3/c1-12(14)3-2-7-4-8(12)5-10-9(7)6-11(13)15-10/h2-6,15H,13-14H2,1H3. The van der Waals surface area contributed by atoms with Gasteiger partial charge in [0.25, 0.3) is 0 Å². The second-order valence-electron chi connectivity index (χ2n) is 4.37. The average molecular weight is 199 g/mol. The first-order valence-electron chi connectivity index (χ1n) is 4.97. The Bertz CT molecular complexity index is 576. The largest absolute Gasteiger partial charge is 0.385 e. The third-order valence-corrected chi connectivity index (χ3v) is 3.02. The molecular formula is C12H13N3. The van der Waals surface area contributed by atoms with Crippen molar-refractivity contribution < 1.29 is 0 Å². The van der Waals surface area contributed by atoms with Gasteiger partial charge in [-0.2, -0.15) is 0 Å². The Hall–Kier alpha value is -1.74. The third kappa shape index (κ3) is 1.10. The molecule has 1 atom stereocenters. The van der Waals surface area contributed by atoms with Crippen molar-refractivity contribution in [1.82, 2.24) is 4.98 Å². The molecule has 1 aliphatic rings. The molecule has 1 unspecified atom stereocenters. The summed E-state index contributed by atoms with van der Waals surface area (Å²) in [6.07, 6.45) is 4.09. The van der Waals surface area contributed by atoms with E-state index in [1.807, 2.05) is 19.1 Å². The molecule has 1 aliphatic carbocycles. The molecule has 1 aromatic heterocycles. The van der Waals surface area contributed by atoms with Crippen LogP contribution >= 0.6 is 0 Å². The first-order chi connectivity index (χ1) is 7.06. The summed E-state index contributed by atoms with van der Waals surface area (Å²) in [4.78, 5) is 3.13. The Kier molecular flexibility index (Phi) is 1.39. The van der Waals surface area contributed by atoms with E-state index in [0.717, 1.165) is 16.5 Å². The molecule has 76 valence electrons. The Labute approximate surface area is 87.8 Å². The number of nitrogens with one attached hydrogen (secondary N) is 1. The second kappa shape index (κ2) is 2.44. The molecule has 0 saturated heterocycles. The highest BCUT2D eigenvalue weighted by atomic mass is 14.8. The average Bonchev–Trinajstić information content (AvgIpc) is 2.52. The molecule has 0 radical (unpaired) electrons. The van der Waals surface area contributed by atoms with Crippen molar-refractivity contribution in [2.75, 3.05) is 5.73 Å². The highest BCUT2D eigenvalue weighted by Crippen LogP contribution is 2.33. The number of rotatable bonds is 0. The zero-order valence-electron chi connectivity index (χ0n) is 8.54. The summed E-state index contributed by atoms with van der Waals surface area (Å²) in [6, 6.07) is 6.15. The van der Waals surface area contributed by atoms with Crippen LogP contribution in [0, 0.1) is 0 Å². The number of anilines is 1. The van der Waals surface area contributed by atoms with E-state index in [4.69, 9.17) is 11.5 Å². The summed E-state index contributed by atoms with van der Waals surface area (Å²) in [7, 11) is 0. The molecule has 1 aromatic carbocycles. The number of aromatic nitrogens is 1. The molecule has 0 spiro atoms. The Morgan fingerprint density at radius 2 is 2.07 bits per heavy atom. The zero-order chi connectivity index (χ0) is 10.6. The van der Waals surface area contributed by atoms with Crippen LogP contribution in [0.1, 0.15) is 18.1 Å². The Morgan fingerprint density at radius 1 is 1.27 bits per heavy atom. The minimum absolute atomic E-state index is 0.374. The number of hydrogen-bond donors (Lipinski definition) is 3. The number of H-pyrrole nitrogens is 1. The lowest BCUT2D eigenvalue weighted by atomic mass is 9.85. The third-order valence-electron chi connectivity index (χ3n) is 3.02. The number of benzene rings is 1. The predicted molar refractivity (Wildman–Crippen MR) is 63.3 cm³/mol. The summed E-state index contributed by atoms with van der Waals surface area (Å²) < 4.78 is 0. The fourth-order valence-electron chi connectivity index (χ4n) is 2.10. The second-order valence-corrected chi connectivity index (χ2v) is 4.37. The number of nitrogen functional groups attached to an aromatic ring is 1. The van der Waals surface area contributed by atoms with Gasteiger partial charge in [0.05, 0.1) is 5.54 Å². The maximum atomic E-state index is 6.15. The fourth-order valence-corrected chi connectivity index (χ4v) is 2.10. The minimum Gasteiger partial charge on any atom is -0.385 e. The predicted octanol–water partition coefficient (Wildman–Crippen LogP) is 1.95. The van der Waals surface area contributed by atoms with Crippen molar-refractivity contribution in [2.24, 2.45) is 5.73 Å². The number of fused-ring (bicyclic) bond motifs is 4. The topological polar surface area (TPSA) is 67.8 Å². The molecule has 3 nitrogen and oxygen atoms in total. The quantitative estimate of drug-likeness (QED) is 0.607. The van der Waals surface area contributed by atoms with E-state index >= 15 is 0 Å². The SMILES string of the molecule is CC1(N)C=Cc2cc1cc1[nH]c(N)cc21. The molecule has 1 heterocycles. The zero-order valence-corrected chi connectivity index (χ0v) is 8.54. The van der Waals surface area contributed by atoms with E-state index in [9.17, 15) is 0 Å². The minimum atomic E-state index is -0.374. The van der Waals surface area contributed by atoms with E-state index in [1.54, 1.807) is 0 Å². The van der Waals surface area contributed by atoms with Gasteiger partial charge >= 0.3 is 0 Å². The monoisotopic (exact) mass is 199 g/mol. The number of hydrogen-bond acceptors (Lipinski definition) is 2. The van der Waals surface area contributed by atoms with E-state index in [-0.39, 0.29) is 5.54 Å². The molecule has 0 amide bonds. The highest BCUT2D eigenvalue weighted by molar-refractivity contribution is 5.93. The molecule has 0 saturated carbocycles. The Balaban J connectivity index is 2.41. The van der Waals surface area contributed by atoms with Crippen LogP contribution in [0.2, 0.25) is 0 Å². The lowest BCUT2D eigenvalue weighted by Crippen LogP contribution is -2.31. The lowest BCUT2D eigenvalue weighted by Gasteiger charge is -2.25. The van der Waals surface area contributed by atoms with Crippen molar-refractivity contribution in [3.05, 3.63) is 35.4 Å². The summed E-state index contributed by atoms with van der Waals surface area (Å²) in [5, 5.41) is 1.16. The summed E-state index contributed by atoms with van der Waals surface area (Å²) in [5.74, 6) is 0.692. The van der Waals surface area contributed by atoms with E-state index in [0.29, 0.717) is 5.82 Å². The van der Waals surface area contributed by atoms with Crippen LogP contribution in [0.3, 0.4) is 0 Å². The number of aromatic amines is 1. The molecule has 0 fully saturated rings. The van der Waals surface area contributed by atoms with E-state index in [1.165, 1.54) is 5.56 Å². The highest BCUT2D eigenvalue weighted by Gasteiger charge is 2.22. The summed E-state index contributed by atoms with van der Waals surface area (Å²) in [5.41, 5.74) is 14.9. The molecule has 3 heteroatoms. The van der Waals surface area contributed by atoms with Gasteiger partial charge in [-0.3, -0.25) is 0 Å². The summed E-state index contributed by atoms with van der Waals surface area (Å²) in [6.45, 7) is 2.00. The van der Waals surface area contributed by atoms with Crippen molar-refractivity contribution >= 4 is 22.8 Å². The van der Waals surface area contributed by atoms with Crippen molar-refractivity contribution in [1.29, 1.82) is 0 Å². The maximum Gasteiger partial charge on any atom is 0.101 e. The van der Waals surface area contributed by atoms with Crippen LogP contribution < -0.4 is 11.5 Å². The first kappa shape index (κ1) is 8.56. The van der Waals surface area contributed by atoms with Crippen LogP contribution in [0.15, 0.2) is 24.3 Å². The lowest BCUT2D eigenvalue weighted by molar-refractivity contribution is 0.630. The van der Waals surface area contributed by atoms with Gasteiger partial charge in [0.15, 0.2) is 0 Å². The van der Waals surface area contributed by atoms with Crippen molar-refractivity contribution in [3.8, 4) is 0 Å². The molecule has 5 N–H and O–H groups in total. The van der Waals surface area contributed by atoms with Gasteiger partial charge in [-0.05, 0) is 36.2 Å². The van der Waals surface area contributed by atoms with Gasteiger partial charge in [0.1, 0.15) is 5.82 Å².